The van der Waals surface area contributed by atoms with E-state index in [4.69, 9.17) is 5.73 Å². The molecule has 5 heteroatoms. The second kappa shape index (κ2) is 5.82. The fourth-order valence-electron chi connectivity index (χ4n) is 2.07. The number of anilines is 1. The first-order chi connectivity index (χ1) is 9.10. The molecule has 0 fully saturated rings. The Morgan fingerprint density at radius 2 is 2.11 bits per heavy atom. The molecule has 2 rings (SSSR count). The molecule has 2 aromatic rings. The summed E-state index contributed by atoms with van der Waals surface area (Å²) in [7, 11) is 0. The molecule has 0 amide bonds. The minimum absolute atomic E-state index is 0.518. The third-order valence-electron chi connectivity index (χ3n) is 2.80. The number of rotatable bonds is 5. The minimum atomic E-state index is 0.518. The summed E-state index contributed by atoms with van der Waals surface area (Å²) in [4.78, 5) is 8.94. The highest BCUT2D eigenvalue weighted by molar-refractivity contribution is 5.52. The van der Waals surface area contributed by atoms with Crippen molar-refractivity contribution < 1.29 is 0 Å². The van der Waals surface area contributed by atoms with Gasteiger partial charge in [0.2, 0.25) is 0 Å². The SMILES string of the molecule is CCCn1nccc1-c1nc(N)cc(CC(C)C)n1. The zero-order valence-electron chi connectivity index (χ0n) is 11.8. The van der Waals surface area contributed by atoms with Crippen LogP contribution in [-0.4, -0.2) is 19.7 Å². The lowest BCUT2D eigenvalue weighted by molar-refractivity contribution is 0.605. The van der Waals surface area contributed by atoms with Crippen molar-refractivity contribution in [2.75, 3.05) is 5.73 Å². The summed E-state index contributed by atoms with van der Waals surface area (Å²) in [5, 5.41) is 4.30. The van der Waals surface area contributed by atoms with Crippen molar-refractivity contribution in [3.8, 4) is 11.5 Å². The van der Waals surface area contributed by atoms with E-state index < -0.39 is 0 Å². The Labute approximate surface area is 113 Å². The summed E-state index contributed by atoms with van der Waals surface area (Å²) in [6.07, 6.45) is 3.71. The van der Waals surface area contributed by atoms with E-state index in [2.05, 4.69) is 35.8 Å². The molecule has 0 aromatic carbocycles. The topological polar surface area (TPSA) is 69.6 Å². The molecular weight excluding hydrogens is 238 g/mol. The standard InChI is InChI=1S/C14H21N5/c1-4-7-19-12(5-6-16-19)14-17-11(8-10(2)3)9-13(15)18-14/h5-6,9-10H,4,7-8H2,1-3H3,(H2,15,17,18). The first kappa shape index (κ1) is 13.5. The molecular formula is C14H21N5. The Morgan fingerprint density at radius 3 is 2.79 bits per heavy atom. The Morgan fingerprint density at radius 1 is 1.32 bits per heavy atom. The van der Waals surface area contributed by atoms with Crippen LogP contribution in [0.25, 0.3) is 11.5 Å². The lowest BCUT2D eigenvalue weighted by atomic mass is 10.1. The largest absolute Gasteiger partial charge is 0.384 e. The van der Waals surface area contributed by atoms with Crippen molar-refractivity contribution in [2.24, 2.45) is 5.92 Å². The maximum Gasteiger partial charge on any atom is 0.180 e. The van der Waals surface area contributed by atoms with Crippen molar-refractivity contribution in [3.05, 3.63) is 24.0 Å². The van der Waals surface area contributed by atoms with Crippen molar-refractivity contribution >= 4 is 5.82 Å². The van der Waals surface area contributed by atoms with E-state index in [1.165, 1.54) is 0 Å². The Bertz CT molecular complexity index is 545. The van der Waals surface area contributed by atoms with Gasteiger partial charge >= 0.3 is 0 Å². The molecule has 0 bridgehead atoms. The Balaban J connectivity index is 2.38. The van der Waals surface area contributed by atoms with Crippen LogP contribution in [0.2, 0.25) is 0 Å². The molecule has 102 valence electrons. The number of hydrogen-bond donors (Lipinski definition) is 1. The van der Waals surface area contributed by atoms with Gasteiger partial charge in [0, 0.05) is 24.5 Å². The lowest BCUT2D eigenvalue weighted by Gasteiger charge is -2.09. The zero-order valence-corrected chi connectivity index (χ0v) is 11.8. The molecule has 2 heterocycles. The van der Waals surface area contributed by atoms with Crippen LogP contribution in [0.1, 0.15) is 32.9 Å². The fraction of sp³-hybridized carbons (Fsp3) is 0.500. The van der Waals surface area contributed by atoms with Crippen molar-refractivity contribution in [3.63, 3.8) is 0 Å². The molecule has 0 radical (unpaired) electrons. The van der Waals surface area contributed by atoms with Crippen LogP contribution < -0.4 is 5.73 Å². The predicted molar refractivity (Wildman–Crippen MR) is 76.5 cm³/mol. The maximum absolute atomic E-state index is 5.88. The van der Waals surface area contributed by atoms with Crippen molar-refractivity contribution in [1.82, 2.24) is 19.7 Å². The number of aryl methyl sites for hydroxylation is 1. The van der Waals surface area contributed by atoms with E-state index in [1.54, 1.807) is 6.20 Å². The molecule has 5 nitrogen and oxygen atoms in total. The molecule has 2 aromatic heterocycles. The van der Waals surface area contributed by atoms with Crippen LogP contribution in [0.5, 0.6) is 0 Å². The maximum atomic E-state index is 5.88. The van der Waals surface area contributed by atoms with Gasteiger partial charge in [-0.2, -0.15) is 5.10 Å². The van der Waals surface area contributed by atoms with Gasteiger partial charge in [-0.3, -0.25) is 4.68 Å². The van der Waals surface area contributed by atoms with Crippen LogP contribution in [-0.2, 0) is 13.0 Å². The van der Waals surface area contributed by atoms with Gasteiger partial charge in [0.05, 0.1) is 0 Å². The Kier molecular flexibility index (Phi) is 4.14. The average Bonchev–Trinajstić information content (AvgIpc) is 2.76. The van der Waals surface area contributed by atoms with Crippen molar-refractivity contribution in [1.29, 1.82) is 0 Å². The van der Waals surface area contributed by atoms with Gasteiger partial charge in [0.1, 0.15) is 11.5 Å². The van der Waals surface area contributed by atoms with E-state index in [-0.39, 0.29) is 0 Å². The van der Waals surface area contributed by atoms with Gasteiger partial charge in [0.15, 0.2) is 5.82 Å². The molecule has 0 unspecified atom stereocenters. The third kappa shape index (κ3) is 3.30. The van der Waals surface area contributed by atoms with Crippen molar-refractivity contribution in [2.45, 2.75) is 40.2 Å². The van der Waals surface area contributed by atoms with E-state index in [1.807, 2.05) is 16.8 Å². The molecule has 19 heavy (non-hydrogen) atoms. The highest BCUT2D eigenvalue weighted by Crippen LogP contribution is 2.18. The summed E-state index contributed by atoms with van der Waals surface area (Å²) < 4.78 is 1.92. The zero-order chi connectivity index (χ0) is 13.8. The molecule has 0 saturated carbocycles. The van der Waals surface area contributed by atoms with E-state index in [0.29, 0.717) is 17.6 Å². The summed E-state index contributed by atoms with van der Waals surface area (Å²) in [5.41, 5.74) is 7.80. The summed E-state index contributed by atoms with van der Waals surface area (Å²) in [6, 6.07) is 3.79. The molecule has 0 atom stereocenters. The first-order valence-corrected chi connectivity index (χ1v) is 6.75. The van der Waals surface area contributed by atoms with Gasteiger partial charge in [-0.1, -0.05) is 20.8 Å². The first-order valence-electron chi connectivity index (χ1n) is 6.75. The fourth-order valence-corrected chi connectivity index (χ4v) is 2.07. The molecule has 0 saturated heterocycles. The van der Waals surface area contributed by atoms with Gasteiger partial charge in [-0.15, -0.1) is 0 Å². The van der Waals surface area contributed by atoms with Crippen LogP contribution in [0.4, 0.5) is 5.82 Å². The van der Waals surface area contributed by atoms with E-state index >= 15 is 0 Å². The normalized spacial score (nSPS) is 11.2. The summed E-state index contributed by atoms with van der Waals surface area (Å²) in [5.74, 6) is 1.73. The predicted octanol–water partition coefficient (Wildman–Crippen LogP) is 2.53. The molecule has 2 N–H and O–H groups in total. The van der Waals surface area contributed by atoms with Gasteiger partial charge in [-0.05, 0) is 24.8 Å². The minimum Gasteiger partial charge on any atom is -0.384 e. The van der Waals surface area contributed by atoms with Gasteiger partial charge < -0.3 is 5.73 Å². The van der Waals surface area contributed by atoms with E-state index in [9.17, 15) is 0 Å². The number of aromatic nitrogens is 4. The number of nitrogens with two attached hydrogens (primary N) is 1. The number of nitrogens with zero attached hydrogens (tertiary/aromatic N) is 4. The third-order valence-corrected chi connectivity index (χ3v) is 2.80. The molecule has 0 spiro atoms. The highest BCUT2D eigenvalue weighted by Gasteiger charge is 2.11. The second-order valence-electron chi connectivity index (χ2n) is 5.15. The average molecular weight is 259 g/mol. The van der Waals surface area contributed by atoms with Crippen LogP contribution in [0.15, 0.2) is 18.3 Å². The Hall–Kier alpha value is -1.91. The smallest absolute Gasteiger partial charge is 0.180 e. The lowest BCUT2D eigenvalue weighted by Crippen LogP contribution is -2.07. The molecule has 0 aliphatic rings. The quantitative estimate of drug-likeness (QED) is 0.895. The highest BCUT2D eigenvalue weighted by atomic mass is 15.3. The van der Waals surface area contributed by atoms with E-state index in [0.717, 1.165) is 30.8 Å². The van der Waals surface area contributed by atoms with Crippen LogP contribution >= 0.6 is 0 Å². The monoisotopic (exact) mass is 259 g/mol. The second-order valence-corrected chi connectivity index (χ2v) is 5.15. The molecule has 0 aliphatic heterocycles. The van der Waals surface area contributed by atoms with Gasteiger partial charge in [-0.25, -0.2) is 9.97 Å². The van der Waals surface area contributed by atoms with Gasteiger partial charge in [0.25, 0.3) is 0 Å². The number of nitrogen functional groups attached to an aromatic ring is 1. The molecule has 0 aliphatic carbocycles. The summed E-state index contributed by atoms with van der Waals surface area (Å²) in [6.45, 7) is 7.31. The van der Waals surface area contributed by atoms with Crippen LogP contribution in [0, 0.1) is 5.92 Å². The summed E-state index contributed by atoms with van der Waals surface area (Å²) >= 11 is 0. The van der Waals surface area contributed by atoms with Crippen LogP contribution in [0.3, 0.4) is 0 Å². The number of hydrogen-bond acceptors (Lipinski definition) is 4.